The van der Waals surface area contributed by atoms with Crippen molar-refractivity contribution in [2.45, 2.75) is 13.5 Å². The summed E-state index contributed by atoms with van der Waals surface area (Å²) in [6, 6.07) is 22.2. The van der Waals surface area contributed by atoms with Gasteiger partial charge in [0.1, 0.15) is 6.54 Å². The predicted molar refractivity (Wildman–Crippen MR) is 125 cm³/mol. The molecular formula is C25H25N4O3+. The van der Waals surface area contributed by atoms with Gasteiger partial charge < -0.3 is 10.2 Å². The molecule has 4 aromatic rings. The van der Waals surface area contributed by atoms with Crippen molar-refractivity contribution in [3.63, 3.8) is 0 Å². The SMILES string of the molecule is CC[NH+](CCNC(=O)c1cccc2cc3ccccc3nc12)Cc1ccc([N+](=O)[O-])cc1. The third-order valence-electron chi connectivity index (χ3n) is 5.66. The number of para-hydroxylation sites is 2. The number of non-ortho nitro benzene ring substituents is 1. The first-order chi connectivity index (χ1) is 15.5. The van der Waals surface area contributed by atoms with E-state index in [0.29, 0.717) is 17.6 Å². The van der Waals surface area contributed by atoms with Crippen LogP contribution in [0.3, 0.4) is 0 Å². The van der Waals surface area contributed by atoms with Crippen LogP contribution in [0.1, 0.15) is 22.8 Å². The average Bonchev–Trinajstić information content (AvgIpc) is 2.81. The van der Waals surface area contributed by atoms with E-state index in [1.54, 1.807) is 18.2 Å². The van der Waals surface area contributed by atoms with E-state index >= 15 is 0 Å². The van der Waals surface area contributed by atoms with Gasteiger partial charge in [-0.15, -0.1) is 0 Å². The van der Waals surface area contributed by atoms with E-state index in [2.05, 4.69) is 18.3 Å². The maximum absolute atomic E-state index is 12.9. The molecule has 7 heteroatoms. The predicted octanol–water partition coefficient (Wildman–Crippen LogP) is 3.13. The Balaban J connectivity index is 1.41. The molecule has 3 aromatic carbocycles. The largest absolute Gasteiger partial charge is 0.346 e. The van der Waals surface area contributed by atoms with Gasteiger partial charge in [0.2, 0.25) is 0 Å². The van der Waals surface area contributed by atoms with E-state index < -0.39 is 4.92 Å². The molecule has 0 aliphatic rings. The van der Waals surface area contributed by atoms with Crippen LogP contribution < -0.4 is 10.2 Å². The Morgan fingerprint density at radius 3 is 2.53 bits per heavy atom. The lowest BCUT2D eigenvalue weighted by Crippen LogP contribution is -3.11. The zero-order valence-corrected chi connectivity index (χ0v) is 17.9. The number of nitrogens with zero attached hydrogens (tertiary/aromatic N) is 2. The number of benzene rings is 3. The van der Waals surface area contributed by atoms with Crippen LogP contribution in [0.2, 0.25) is 0 Å². The number of fused-ring (bicyclic) bond motifs is 2. The minimum atomic E-state index is -0.394. The van der Waals surface area contributed by atoms with Crippen molar-refractivity contribution in [3.05, 3.63) is 94.0 Å². The summed E-state index contributed by atoms with van der Waals surface area (Å²) in [5.41, 5.74) is 3.26. The van der Waals surface area contributed by atoms with Crippen molar-refractivity contribution in [2.24, 2.45) is 0 Å². The normalized spacial score (nSPS) is 12.0. The lowest BCUT2D eigenvalue weighted by molar-refractivity contribution is -0.910. The number of nitrogens with one attached hydrogen (secondary N) is 2. The highest BCUT2D eigenvalue weighted by atomic mass is 16.6. The molecule has 1 heterocycles. The highest BCUT2D eigenvalue weighted by molar-refractivity contribution is 6.07. The highest BCUT2D eigenvalue weighted by Gasteiger charge is 2.14. The second-order valence-corrected chi connectivity index (χ2v) is 7.77. The van der Waals surface area contributed by atoms with Crippen molar-refractivity contribution in [2.75, 3.05) is 19.6 Å². The van der Waals surface area contributed by atoms with Crippen molar-refractivity contribution < 1.29 is 14.6 Å². The molecule has 2 N–H and O–H groups in total. The van der Waals surface area contributed by atoms with E-state index in [1.807, 2.05) is 36.4 Å². The van der Waals surface area contributed by atoms with Gasteiger partial charge in [-0.2, -0.15) is 0 Å². The first kappa shape index (κ1) is 21.4. The zero-order valence-electron chi connectivity index (χ0n) is 17.9. The van der Waals surface area contributed by atoms with Gasteiger partial charge in [-0.3, -0.25) is 14.9 Å². The Bertz CT molecular complexity index is 1270. The summed E-state index contributed by atoms with van der Waals surface area (Å²) in [5, 5.41) is 15.8. The summed E-state index contributed by atoms with van der Waals surface area (Å²) in [6.07, 6.45) is 0. The van der Waals surface area contributed by atoms with Crippen LogP contribution in [-0.4, -0.2) is 35.4 Å². The fourth-order valence-electron chi connectivity index (χ4n) is 3.85. The molecule has 0 aliphatic carbocycles. The van der Waals surface area contributed by atoms with Gasteiger partial charge in [0.15, 0.2) is 0 Å². The van der Waals surface area contributed by atoms with Gasteiger partial charge in [0.05, 0.1) is 41.2 Å². The Hall–Kier alpha value is -3.84. The van der Waals surface area contributed by atoms with Crippen LogP contribution in [0, 0.1) is 10.1 Å². The molecule has 7 nitrogen and oxygen atoms in total. The fourth-order valence-corrected chi connectivity index (χ4v) is 3.85. The number of pyridine rings is 1. The molecule has 0 fully saturated rings. The van der Waals surface area contributed by atoms with Crippen LogP contribution in [0.15, 0.2) is 72.8 Å². The quantitative estimate of drug-likeness (QED) is 0.256. The number of aromatic nitrogens is 1. The maximum Gasteiger partial charge on any atom is 0.269 e. The summed E-state index contributed by atoms with van der Waals surface area (Å²) >= 11 is 0. The van der Waals surface area contributed by atoms with E-state index in [1.165, 1.54) is 17.0 Å². The zero-order chi connectivity index (χ0) is 22.5. The van der Waals surface area contributed by atoms with Crippen LogP contribution in [0.4, 0.5) is 5.69 Å². The van der Waals surface area contributed by atoms with Gasteiger partial charge in [0.25, 0.3) is 11.6 Å². The topological polar surface area (TPSA) is 89.6 Å². The number of rotatable bonds is 8. The first-order valence-corrected chi connectivity index (χ1v) is 10.7. The number of hydrogen-bond acceptors (Lipinski definition) is 4. The second-order valence-electron chi connectivity index (χ2n) is 7.77. The number of quaternary nitrogens is 1. The van der Waals surface area contributed by atoms with E-state index in [4.69, 9.17) is 4.98 Å². The lowest BCUT2D eigenvalue weighted by atomic mass is 10.1. The summed E-state index contributed by atoms with van der Waals surface area (Å²) in [7, 11) is 0. The van der Waals surface area contributed by atoms with Gasteiger partial charge in [0, 0.05) is 28.5 Å². The molecular weight excluding hydrogens is 404 g/mol. The van der Waals surface area contributed by atoms with Crippen molar-refractivity contribution in [3.8, 4) is 0 Å². The molecule has 32 heavy (non-hydrogen) atoms. The van der Waals surface area contributed by atoms with E-state index in [9.17, 15) is 14.9 Å². The van der Waals surface area contributed by atoms with Crippen LogP contribution in [-0.2, 0) is 6.54 Å². The molecule has 0 spiro atoms. The average molecular weight is 430 g/mol. The highest BCUT2D eigenvalue weighted by Crippen LogP contribution is 2.22. The second kappa shape index (κ2) is 9.53. The van der Waals surface area contributed by atoms with Crippen LogP contribution in [0.25, 0.3) is 21.8 Å². The third-order valence-corrected chi connectivity index (χ3v) is 5.66. The Morgan fingerprint density at radius 1 is 1.03 bits per heavy atom. The van der Waals surface area contributed by atoms with Gasteiger partial charge in [-0.25, -0.2) is 4.98 Å². The smallest absolute Gasteiger partial charge is 0.269 e. The summed E-state index contributed by atoms with van der Waals surface area (Å²) in [6.45, 7) is 4.99. The summed E-state index contributed by atoms with van der Waals surface area (Å²) in [5.74, 6) is -0.135. The molecule has 162 valence electrons. The minimum absolute atomic E-state index is 0.0931. The summed E-state index contributed by atoms with van der Waals surface area (Å²) < 4.78 is 0. The van der Waals surface area contributed by atoms with Crippen molar-refractivity contribution in [1.82, 2.24) is 10.3 Å². The van der Waals surface area contributed by atoms with Crippen molar-refractivity contribution in [1.29, 1.82) is 0 Å². The Kier molecular flexibility index (Phi) is 6.37. The monoisotopic (exact) mass is 429 g/mol. The molecule has 4 rings (SSSR count). The molecule has 0 saturated heterocycles. The number of nitro groups is 1. The third kappa shape index (κ3) is 4.73. The molecule has 1 unspecified atom stereocenters. The maximum atomic E-state index is 12.9. The Morgan fingerprint density at radius 2 is 1.78 bits per heavy atom. The minimum Gasteiger partial charge on any atom is -0.346 e. The molecule has 1 atom stereocenters. The number of carbonyl (C=O) groups excluding carboxylic acids is 1. The van der Waals surface area contributed by atoms with E-state index in [0.717, 1.165) is 41.5 Å². The van der Waals surface area contributed by atoms with Crippen LogP contribution >= 0.6 is 0 Å². The molecule has 0 aliphatic heterocycles. The van der Waals surface area contributed by atoms with Crippen molar-refractivity contribution >= 4 is 33.4 Å². The fraction of sp³-hybridized carbons (Fsp3) is 0.200. The van der Waals surface area contributed by atoms with E-state index in [-0.39, 0.29) is 11.6 Å². The number of nitro benzene ring substituents is 1. The standard InChI is InChI=1S/C25H24N4O3/c1-2-28(17-18-10-12-21(13-11-18)29(31)32)15-14-26-25(30)22-8-5-7-20-16-19-6-3-4-9-23(19)27-24(20)22/h3-13,16H,2,14-15,17H2,1H3,(H,26,30)/p+1. The number of likely N-dealkylation sites (N-methyl/N-ethyl adjacent to an activating group) is 1. The first-order valence-electron chi connectivity index (χ1n) is 10.7. The number of hydrogen-bond donors (Lipinski definition) is 2. The van der Waals surface area contributed by atoms with Gasteiger partial charge in [-0.1, -0.05) is 30.3 Å². The summed E-state index contributed by atoms with van der Waals surface area (Å²) in [4.78, 5) is 29.3. The lowest BCUT2D eigenvalue weighted by Gasteiger charge is -2.18. The molecule has 0 radical (unpaired) electrons. The molecule has 0 saturated carbocycles. The Labute approximate surface area is 185 Å². The number of carbonyl (C=O) groups is 1. The molecule has 1 aromatic heterocycles. The van der Waals surface area contributed by atoms with Crippen LogP contribution in [0.5, 0.6) is 0 Å². The molecule has 0 bridgehead atoms. The molecule has 1 amide bonds. The van der Waals surface area contributed by atoms with Gasteiger partial charge >= 0.3 is 0 Å². The van der Waals surface area contributed by atoms with Gasteiger partial charge in [-0.05, 0) is 37.3 Å². The number of amides is 1.